The van der Waals surface area contributed by atoms with Crippen LogP contribution in [0.15, 0.2) is 66.2 Å². The first-order valence-electron chi connectivity index (χ1n) is 10.8. The second kappa shape index (κ2) is 9.36. The Morgan fingerprint density at radius 3 is 2.24 bits per heavy atom. The molecular formula is C26H25N3O5. The minimum absolute atomic E-state index is 0.0225. The van der Waals surface area contributed by atoms with Gasteiger partial charge < -0.3 is 14.4 Å². The molecule has 1 N–H and O–H groups in total. The number of methoxy groups -OCH3 is 1. The monoisotopic (exact) mass is 459 g/mol. The molecule has 4 amide bonds. The highest BCUT2D eigenvalue weighted by Crippen LogP contribution is 2.28. The van der Waals surface area contributed by atoms with Crippen LogP contribution in [0.1, 0.15) is 17.0 Å². The van der Waals surface area contributed by atoms with Crippen LogP contribution in [0.5, 0.6) is 5.75 Å². The molecule has 0 spiro atoms. The van der Waals surface area contributed by atoms with E-state index in [2.05, 4.69) is 0 Å². The molecule has 8 nitrogen and oxygen atoms in total. The molecule has 2 aromatic carbocycles. The van der Waals surface area contributed by atoms with Crippen LogP contribution in [0, 0.1) is 13.8 Å². The van der Waals surface area contributed by atoms with Crippen molar-refractivity contribution in [3.05, 3.63) is 83.2 Å². The van der Waals surface area contributed by atoms with Gasteiger partial charge in [-0.2, -0.15) is 0 Å². The van der Waals surface area contributed by atoms with E-state index < -0.39 is 17.8 Å². The Balaban J connectivity index is 1.80. The lowest BCUT2D eigenvalue weighted by molar-refractivity contribution is -0.129. The number of urea groups is 1. The predicted octanol–water partition coefficient (Wildman–Crippen LogP) is 3.82. The number of hydrogen-bond acceptors (Lipinski definition) is 5. The van der Waals surface area contributed by atoms with Crippen molar-refractivity contribution in [2.24, 2.45) is 0 Å². The molecule has 0 aliphatic carbocycles. The maximum atomic E-state index is 13.4. The smallest absolute Gasteiger partial charge is 0.338 e. The maximum Gasteiger partial charge on any atom is 0.338 e. The highest BCUT2D eigenvalue weighted by Gasteiger charge is 2.42. The molecule has 1 saturated heterocycles. The van der Waals surface area contributed by atoms with Crippen LogP contribution in [0.2, 0.25) is 0 Å². The second-order valence-electron chi connectivity index (χ2n) is 7.94. The molecule has 1 aromatic heterocycles. The Labute approximate surface area is 197 Å². The first-order valence-corrected chi connectivity index (χ1v) is 10.8. The van der Waals surface area contributed by atoms with Gasteiger partial charge in [-0.3, -0.25) is 14.5 Å². The van der Waals surface area contributed by atoms with E-state index in [1.807, 2.05) is 24.5 Å². The molecule has 2 heterocycles. The highest BCUT2D eigenvalue weighted by atomic mass is 16.5. The summed E-state index contributed by atoms with van der Waals surface area (Å²) in [4.78, 5) is 41.8. The van der Waals surface area contributed by atoms with E-state index in [-0.39, 0.29) is 24.5 Å². The van der Waals surface area contributed by atoms with Gasteiger partial charge in [0.1, 0.15) is 11.3 Å². The van der Waals surface area contributed by atoms with Crippen molar-refractivity contribution >= 4 is 29.6 Å². The molecule has 0 atom stereocenters. The van der Waals surface area contributed by atoms with Gasteiger partial charge in [-0.05, 0) is 68.0 Å². The summed E-state index contributed by atoms with van der Waals surface area (Å²) in [5.74, 6) is -1.17. The number of nitrogens with zero attached hydrogens (tertiary/aromatic N) is 3. The van der Waals surface area contributed by atoms with Crippen LogP contribution in [-0.4, -0.2) is 52.7 Å². The lowest BCUT2D eigenvalue weighted by atomic mass is 10.1. The number of aromatic hydroxyl groups is 1. The van der Waals surface area contributed by atoms with Crippen molar-refractivity contribution < 1.29 is 24.2 Å². The van der Waals surface area contributed by atoms with Gasteiger partial charge in [-0.1, -0.05) is 18.2 Å². The molecule has 0 radical (unpaired) electrons. The van der Waals surface area contributed by atoms with Gasteiger partial charge in [-0.25, -0.2) is 9.69 Å². The number of benzene rings is 2. The second-order valence-corrected chi connectivity index (χ2v) is 7.94. The van der Waals surface area contributed by atoms with Crippen molar-refractivity contribution in [2.45, 2.75) is 13.8 Å². The number of carbonyl (C=O) groups excluding carboxylic acids is 3. The fourth-order valence-corrected chi connectivity index (χ4v) is 4.05. The molecule has 174 valence electrons. The van der Waals surface area contributed by atoms with E-state index in [9.17, 15) is 19.5 Å². The standard InChI is InChI=1S/C26H25N3O5/c1-17-15-19(18(2)28(17)21-9-11-22(30)12-10-21)16-23-24(31)27(13-14-34-3)26(33)29(25(23)32)20-7-5-4-6-8-20/h4-12,15-16,30H,13-14H2,1-3H3/b23-16-. The van der Waals surface area contributed by atoms with Gasteiger partial charge in [-0.15, -0.1) is 0 Å². The molecular weight excluding hydrogens is 434 g/mol. The lowest BCUT2D eigenvalue weighted by Gasteiger charge is -2.33. The van der Waals surface area contributed by atoms with E-state index in [0.29, 0.717) is 11.3 Å². The number of aryl methyl sites for hydroxylation is 1. The van der Waals surface area contributed by atoms with Gasteiger partial charge in [0, 0.05) is 24.2 Å². The summed E-state index contributed by atoms with van der Waals surface area (Å²) in [6.07, 6.45) is 1.53. The zero-order valence-corrected chi connectivity index (χ0v) is 19.2. The van der Waals surface area contributed by atoms with Gasteiger partial charge >= 0.3 is 6.03 Å². The van der Waals surface area contributed by atoms with E-state index in [1.54, 1.807) is 54.6 Å². The number of carbonyl (C=O) groups is 3. The molecule has 4 rings (SSSR count). The topological polar surface area (TPSA) is 92.1 Å². The number of hydrogen-bond donors (Lipinski definition) is 1. The molecule has 0 bridgehead atoms. The summed E-state index contributed by atoms with van der Waals surface area (Å²) >= 11 is 0. The number of phenols is 1. The Bertz CT molecular complexity index is 1280. The Morgan fingerprint density at radius 2 is 1.59 bits per heavy atom. The van der Waals surface area contributed by atoms with Crippen LogP contribution in [0.25, 0.3) is 11.8 Å². The quantitative estimate of drug-likeness (QED) is 0.447. The average molecular weight is 460 g/mol. The molecule has 1 aliphatic rings. The number of ether oxygens (including phenoxy) is 1. The average Bonchev–Trinajstić information content (AvgIpc) is 3.10. The summed E-state index contributed by atoms with van der Waals surface area (Å²) in [7, 11) is 1.48. The van der Waals surface area contributed by atoms with Gasteiger partial charge in [0.25, 0.3) is 11.8 Å². The Hall–Kier alpha value is -4.17. The highest BCUT2D eigenvalue weighted by molar-refractivity contribution is 6.39. The Morgan fingerprint density at radius 1 is 0.912 bits per heavy atom. The molecule has 8 heteroatoms. The van der Waals surface area contributed by atoms with Crippen molar-refractivity contribution in [3.8, 4) is 11.4 Å². The van der Waals surface area contributed by atoms with Crippen LogP contribution < -0.4 is 4.90 Å². The predicted molar refractivity (Wildman–Crippen MR) is 128 cm³/mol. The maximum absolute atomic E-state index is 13.4. The largest absolute Gasteiger partial charge is 0.508 e. The van der Waals surface area contributed by atoms with E-state index in [0.717, 1.165) is 26.9 Å². The van der Waals surface area contributed by atoms with Crippen molar-refractivity contribution in [3.63, 3.8) is 0 Å². The van der Waals surface area contributed by atoms with Crippen molar-refractivity contribution in [2.75, 3.05) is 25.2 Å². The summed E-state index contributed by atoms with van der Waals surface area (Å²) in [5.41, 5.74) is 3.48. The number of aromatic nitrogens is 1. The van der Waals surface area contributed by atoms with E-state index >= 15 is 0 Å². The number of amides is 4. The van der Waals surface area contributed by atoms with Crippen LogP contribution in [0.3, 0.4) is 0 Å². The fourth-order valence-electron chi connectivity index (χ4n) is 4.05. The Kier molecular flexibility index (Phi) is 6.34. The SMILES string of the molecule is COCCN1C(=O)/C(=C/c2cc(C)n(-c3ccc(O)cc3)c2C)C(=O)N(c2ccccc2)C1=O. The van der Waals surface area contributed by atoms with Gasteiger partial charge in [0.05, 0.1) is 18.8 Å². The first kappa shape index (κ1) is 23.0. The van der Waals surface area contributed by atoms with E-state index in [1.165, 1.54) is 13.2 Å². The number of barbiturate groups is 1. The summed E-state index contributed by atoms with van der Waals surface area (Å²) < 4.78 is 7.03. The normalized spacial score (nSPS) is 15.5. The minimum atomic E-state index is -0.704. The van der Waals surface area contributed by atoms with Gasteiger partial charge in [0.2, 0.25) is 0 Å². The van der Waals surface area contributed by atoms with Crippen LogP contribution in [0.4, 0.5) is 10.5 Å². The first-order chi connectivity index (χ1) is 16.3. The number of phenolic OH excluding ortho intramolecular Hbond substituents is 1. The molecule has 34 heavy (non-hydrogen) atoms. The third-order valence-corrected chi connectivity index (χ3v) is 5.74. The van der Waals surface area contributed by atoms with Crippen molar-refractivity contribution in [1.82, 2.24) is 9.47 Å². The number of para-hydroxylation sites is 1. The summed E-state index contributed by atoms with van der Waals surface area (Å²) in [5, 5.41) is 9.61. The lowest BCUT2D eigenvalue weighted by Crippen LogP contribution is -2.57. The zero-order chi connectivity index (χ0) is 24.4. The number of rotatable bonds is 6. The number of imide groups is 2. The number of anilines is 1. The molecule has 3 aromatic rings. The third kappa shape index (κ3) is 4.11. The molecule has 0 saturated carbocycles. The molecule has 1 fully saturated rings. The minimum Gasteiger partial charge on any atom is -0.508 e. The molecule has 0 unspecified atom stereocenters. The van der Waals surface area contributed by atoms with Gasteiger partial charge in [0.15, 0.2) is 0 Å². The summed E-state index contributed by atoms with van der Waals surface area (Å²) in [6, 6.07) is 16.4. The molecule has 1 aliphatic heterocycles. The van der Waals surface area contributed by atoms with Crippen LogP contribution >= 0.6 is 0 Å². The van der Waals surface area contributed by atoms with Crippen LogP contribution in [-0.2, 0) is 14.3 Å². The third-order valence-electron chi connectivity index (χ3n) is 5.74. The van der Waals surface area contributed by atoms with Crippen molar-refractivity contribution in [1.29, 1.82) is 0 Å². The van der Waals surface area contributed by atoms with E-state index in [4.69, 9.17) is 4.74 Å². The summed E-state index contributed by atoms with van der Waals surface area (Å²) in [6.45, 7) is 3.97. The fraction of sp³-hybridized carbons (Fsp3) is 0.192. The zero-order valence-electron chi connectivity index (χ0n) is 19.2.